The van der Waals surface area contributed by atoms with Gasteiger partial charge in [-0.2, -0.15) is 5.10 Å². The Morgan fingerprint density at radius 3 is 2.42 bits per heavy atom. The van der Waals surface area contributed by atoms with Crippen LogP contribution in [0.2, 0.25) is 0 Å². The third kappa shape index (κ3) is 2.99. The van der Waals surface area contributed by atoms with E-state index in [2.05, 4.69) is 15.0 Å². The number of aryl methyl sites for hydroxylation is 2. The summed E-state index contributed by atoms with van der Waals surface area (Å²) >= 11 is 0. The second kappa shape index (κ2) is 6.60. The molecule has 2 aromatic rings. The van der Waals surface area contributed by atoms with Gasteiger partial charge in [-0.1, -0.05) is 6.07 Å². The predicted molar refractivity (Wildman–Crippen MR) is 91.1 cm³/mol. The number of carboxylic acids is 1. The molecule has 3 rings (SSSR count). The van der Waals surface area contributed by atoms with E-state index in [9.17, 15) is 9.90 Å². The predicted octanol–water partition coefficient (Wildman–Crippen LogP) is 1.38. The zero-order valence-corrected chi connectivity index (χ0v) is 14.3. The minimum atomic E-state index is -0.819. The third-order valence-electron chi connectivity index (χ3n) is 4.73. The minimum Gasteiger partial charge on any atom is -0.480 e. The van der Waals surface area contributed by atoms with Crippen molar-refractivity contribution < 1.29 is 9.90 Å². The lowest BCUT2D eigenvalue weighted by molar-refractivity contribution is -0.143. The van der Waals surface area contributed by atoms with E-state index in [0.29, 0.717) is 13.1 Å². The Hall–Kier alpha value is -2.41. The lowest BCUT2D eigenvalue weighted by atomic mass is 10.0. The summed E-state index contributed by atoms with van der Waals surface area (Å²) in [6, 6.07) is 5.20. The molecule has 1 saturated heterocycles. The van der Waals surface area contributed by atoms with Crippen LogP contribution < -0.4 is 4.90 Å². The fourth-order valence-electron chi connectivity index (χ4n) is 3.40. The van der Waals surface area contributed by atoms with Crippen LogP contribution in [0.4, 0.5) is 5.82 Å². The molecule has 1 fully saturated rings. The molecule has 7 heteroatoms. The molecule has 0 unspecified atom stereocenters. The second-order valence-corrected chi connectivity index (χ2v) is 6.16. The maximum absolute atomic E-state index is 12.0. The van der Waals surface area contributed by atoms with Crippen LogP contribution in [0.3, 0.4) is 0 Å². The normalized spacial score (nSPS) is 17.0. The molecule has 0 amide bonds. The van der Waals surface area contributed by atoms with Gasteiger partial charge in [0.1, 0.15) is 11.9 Å². The first kappa shape index (κ1) is 16.4. The molecule has 0 radical (unpaired) electrons. The van der Waals surface area contributed by atoms with E-state index in [4.69, 9.17) is 0 Å². The summed E-state index contributed by atoms with van der Waals surface area (Å²) in [6.45, 7) is 6.69. The van der Waals surface area contributed by atoms with E-state index >= 15 is 0 Å². The van der Waals surface area contributed by atoms with Crippen LogP contribution in [-0.4, -0.2) is 56.9 Å². The Bertz CT molecular complexity index is 720. The van der Waals surface area contributed by atoms with Crippen LogP contribution in [0.25, 0.3) is 0 Å². The molecule has 1 atom stereocenters. The molecule has 0 spiro atoms. The highest BCUT2D eigenvalue weighted by atomic mass is 16.4. The van der Waals surface area contributed by atoms with E-state index in [1.165, 1.54) is 0 Å². The Labute approximate surface area is 141 Å². The van der Waals surface area contributed by atoms with Crippen molar-refractivity contribution in [1.82, 2.24) is 19.7 Å². The Morgan fingerprint density at radius 1 is 1.21 bits per heavy atom. The van der Waals surface area contributed by atoms with E-state index < -0.39 is 12.0 Å². The van der Waals surface area contributed by atoms with Crippen LogP contribution in [0.5, 0.6) is 0 Å². The van der Waals surface area contributed by atoms with Crippen molar-refractivity contribution in [3.63, 3.8) is 0 Å². The maximum Gasteiger partial charge on any atom is 0.325 e. The molecule has 0 aromatic carbocycles. The average Bonchev–Trinajstić information content (AvgIpc) is 2.83. The summed E-state index contributed by atoms with van der Waals surface area (Å²) in [5.74, 6) is 0.123. The van der Waals surface area contributed by atoms with Crippen LogP contribution in [-0.2, 0) is 11.8 Å². The quantitative estimate of drug-likeness (QED) is 0.913. The fraction of sp³-hybridized carbons (Fsp3) is 0.471. The van der Waals surface area contributed by atoms with Gasteiger partial charge in [-0.25, -0.2) is 4.98 Å². The number of carboxylic acid groups (broad SMARTS) is 1. The van der Waals surface area contributed by atoms with Crippen molar-refractivity contribution in [3.8, 4) is 0 Å². The minimum absolute atomic E-state index is 0.649. The van der Waals surface area contributed by atoms with Gasteiger partial charge in [0.15, 0.2) is 0 Å². The number of anilines is 1. The van der Waals surface area contributed by atoms with Gasteiger partial charge in [0.05, 0.1) is 5.69 Å². The van der Waals surface area contributed by atoms with Crippen molar-refractivity contribution in [3.05, 3.63) is 41.3 Å². The van der Waals surface area contributed by atoms with Crippen LogP contribution in [0, 0.1) is 13.8 Å². The van der Waals surface area contributed by atoms with Crippen molar-refractivity contribution in [2.45, 2.75) is 19.9 Å². The van der Waals surface area contributed by atoms with Crippen LogP contribution in [0.15, 0.2) is 24.4 Å². The Morgan fingerprint density at radius 2 is 1.92 bits per heavy atom. The Balaban J connectivity index is 1.79. The fourth-order valence-corrected chi connectivity index (χ4v) is 3.40. The molecule has 7 nitrogen and oxygen atoms in total. The van der Waals surface area contributed by atoms with E-state index in [1.54, 1.807) is 10.9 Å². The summed E-state index contributed by atoms with van der Waals surface area (Å²) in [5, 5.41) is 14.2. The monoisotopic (exact) mass is 329 g/mol. The van der Waals surface area contributed by atoms with Gasteiger partial charge < -0.3 is 10.0 Å². The summed E-state index contributed by atoms with van der Waals surface area (Å²) in [7, 11) is 1.85. The molecule has 0 bridgehead atoms. The van der Waals surface area contributed by atoms with Gasteiger partial charge in [0.2, 0.25) is 0 Å². The highest BCUT2D eigenvalue weighted by Crippen LogP contribution is 2.28. The van der Waals surface area contributed by atoms with Gasteiger partial charge in [-0.3, -0.25) is 14.4 Å². The summed E-state index contributed by atoms with van der Waals surface area (Å²) in [6.07, 6.45) is 1.78. The van der Waals surface area contributed by atoms with Gasteiger partial charge >= 0.3 is 5.97 Å². The van der Waals surface area contributed by atoms with Gasteiger partial charge in [0.25, 0.3) is 0 Å². The van der Waals surface area contributed by atoms with Gasteiger partial charge in [-0.05, 0) is 26.0 Å². The number of nitrogens with zero attached hydrogens (tertiary/aromatic N) is 5. The van der Waals surface area contributed by atoms with E-state index in [0.717, 1.165) is 35.9 Å². The molecule has 0 aliphatic carbocycles. The first-order valence-corrected chi connectivity index (χ1v) is 8.12. The number of hydrogen-bond acceptors (Lipinski definition) is 5. The zero-order valence-electron chi connectivity index (χ0n) is 14.3. The number of piperazine rings is 1. The molecule has 1 N–H and O–H groups in total. The highest BCUT2D eigenvalue weighted by molar-refractivity contribution is 5.76. The van der Waals surface area contributed by atoms with Crippen molar-refractivity contribution in [2.24, 2.45) is 7.05 Å². The molecule has 1 aliphatic rings. The molecule has 2 aromatic heterocycles. The average molecular weight is 329 g/mol. The maximum atomic E-state index is 12.0. The smallest absolute Gasteiger partial charge is 0.325 e. The zero-order chi connectivity index (χ0) is 17.3. The largest absolute Gasteiger partial charge is 0.480 e. The molecule has 0 saturated carbocycles. The van der Waals surface area contributed by atoms with Crippen LogP contribution >= 0.6 is 0 Å². The lowest BCUT2D eigenvalue weighted by Gasteiger charge is -2.38. The number of hydrogen-bond donors (Lipinski definition) is 1. The number of aliphatic carboxylic acids is 1. The molecule has 24 heavy (non-hydrogen) atoms. The SMILES string of the molecule is Cc1nn(C)c(C)c1[C@H](C(=O)O)N1CCN(c2ccccn2)CC1. The standard InChI is InChI=1S/C17H23N5O2/c1-12-15(13(2)20(3)19-12)16(17(23)24)22-10-8-21(9-11-22)14-6-4-5-7-18-14/h4-7,16H,8-11H2,1-3H3,(H,23,24)/t16-/m1/s1. The number of rotatable bonds is 4. The highest BCUT2D eigenvalue weighted by Gasteiger charge is 2.34. The molecule has 128 valence electrons. The van der Waals surface area contributed by atoms with Crippen molar-refractivity contribution >= 4 is 11.8 Å². The van der Waals surface area contributed by atoms with E-state index in [-0.39, 0.29) is 0 Å². The Kier molecular flexibility index (Phi) is 4.53. The summed E-state index contributed by atoms with van der Waals surface area (Å²) in [4.78, 5) is 20.6. The lowest BCUT2D eigenvalue weighted by Crippen LogP contribution is -2.49. The molecule has 1 aliphatic heterocycles. The number of pyridine rings is 1. The third-order valence-corrected chi connectivity index (χ3v) is 4.73. The molecular formula is C17H23N5O2. The van der Waals surface area contributed by atoms with Gasteiger partial charge in [0, 0.05) is 50.7 Å². The number of aromatic nitrogens is 3. The topological polar surface area (TPSA) is 74.5 Å². The van der Waals surface area contributed by atoms with Crippen molar-refractivity contribution in [1.29, 1.82) is 0 Å². The molecule has 3 heterocycles. The molecular weight excluding hydrogens is 306 g/mol. The number of carbonyl (C=O) groups is 1. The van der Waals surface area contributed by atoms with Gasteiger partial charge in [-0.15, -0.1) is 0 Å². The van der Waals surface area contributed by atoms with E-state index in [1.807, 2.05) is 44.0 Å². The summed E-state index contributed by atoms with van der Waals surface area (Å²) < 4.78 is 1.75. The van der Waals surface area contributed by atoms with Crippen LogP contribution in [0.1, 0.15) is 23.0 Å². The summed E-state index contributed by atoms with van der Waals surface area (Å²) in [5.41, 5.74) is 2.51. The second-order valence-electron chi connectivity index (χ2n) is 6.16. The first-order chi connectivity index (χ1) is 11.5. The first-order valence-electron chi connectivity index (χ1n) is 8.12. The van der Waals surface area contributed by atoms with Crippen molar-refractivity contribution in [2.75, 3.05) is 31.1 Å².